The molecular weight excluding hydrogens is 256 g/mol. The van der Waals surface area contributed by atoms with Crippen molar-refractivity contribution in [3.63, 3.8) is 0 Å². The molecule has 2 N–H and O–H groups in total. The van der Waals surface area contributed by atoms with Crippen molar-refractivity contribution in [2.24, 2.45) is 5.41 Å². The van der Waals surface area contributed by atoms with E-state index in [1.807, 2.05) is 11.8 Å². The Balaban J connectivity index is 0.00000144. The Hall–Kier alpha value is 0.0700. The lowest BCUT2D eigenvalue weighted by molar-refractivity contribution is -0.129. The lowest BCUT2D eigenvalue weighted by atomic mass is 9.88. The van der Waals surface area contributed by atoms with E-state index >= 15 is 0 Å². The van der Waals surface area contributed by atoms with Crippen LogP contribution in [0.15, 0.2) is 0 Å². The summed E-state index contributed by atoms with van der Waals surface area (Å²) in [6, 6.07) is 0. The molecule has 1 amide bonds. The van der Waals surface area contributed by atoms with Gasteiger partial charge in [-0.15, -0.1) is 12.4 Å². The number of thioether (sulfide) groups is 1. The first kappa shape index (κ1) is 15.1. The summed E-state index contributed by atoms with van der Waals surface area (Å²) in [6.07, 6.45) is 3.48. The molecule has 2 heterocycles. The van der Waals surface area contributed by atoms with Crippen LogP contribution in [-0.2, 0) is 4.79 Å². The minimum absolute atomic E-state index is 0. The molecule has 3 nitrogen and oxygen atoms in total. The number of carbonyl (C=O) groups excluding carboxylic acids is 1. The van der Waals surface area contributed by atoms with Gasteiger partial charge in [-0.2, -0.15) is 11.8 Å². The number of rotatable bonds is 3. The highest BCUT2D eigenvalue weighted by molar-refractivity contribution is 8.00. The first-order chi connectivity index (χ1) is 7.54. The molecule has 0 aliphatic carbocycles. The second kappa shape index (κ2) is 5.81. The molecular formula is C12H23ClN2OS. The lowest BCUT2D eigenvalue weighted by Gasteiger charge is -2.27. The first-order valence-corrected chi connectivity index (χ1v) is 7.16. The van der Waals surface area contributed by atoms with Crippen molar-refractivity contribution in [3.8, 4) is 0 Å². The van der Waals surface area contributed by atoms with Gasteiger partial charge in [0.15, 0.2) is 0 Å². The Morgan fingerprint density at radius 3 is 2.71 bits per heavy atom. The molecule has 100 valence electrons. The van der Waals surface area contributed by atoms with Gasteiger partial charge in [0.2, 0.25) is 5.91 Å². The average Bonchev–Trinajstić information content (AvgIpc) is 2.86. The number of hydrogen-bond acceptors (Lipinski definition) is 3. The third-order valence-corrected chi connectivity index (χ3v) is 5.38. The molecule has 5 heteroatoms. The van der Waals surface area contributed by atoms with E-state index in [9.17, 15) is 4.79 Å². The number of amides is 1. The van der Waals surface area contributed by atoms with Crippen LogP contribution >= 0.6 is 24.2 Å². The normalized spacial score (nSPS) is 36.6. The topological polar surface area (TPSA) is 41.1 Å². The average molecular weight is 279 g/mol. The van der Waals surface area contributed by atoms with Gasteiger partial charge in [0.1, 0.15) is 0 Å². The molecule has 2 atom stereocenters. The Morgan fingerprint density at radius 2 is 2.18 bits per heavy atom. The van der Waals surface area contributed by atoms with Gasteiger partial charge in [0, 0.05) is 17.8 Å². The summed E-state index contributed by atoms with van der Waals surface area (Å²) in [5.41, 5.74) is -0.181. The van der Waals surface area contributed by atoms with Crippen LogP contribution in [0.1, 0.15) is 33.1 Å². The van der Waals surface area contributed by atoms with Crippen molar-refractivity contribution in [2.45, 2.75) is 37.9 Å². The lowest BCUT2D eigenvalue weighted by Crippen LogP contribution is -2.45. The van der Waals surface area contributed by atoms with E-state index in [1.165, 1.54) is 18.6 Å². The number of carbonyl (C=O) groups is 1. The van der Waals surface area contributed by atoms with E-state index < -0.39 is 0 Å². The predicted octanol–water partition coefficient (Wildman–Crippen LogP) is 1.81. The molecule has 17 heavy (non-hydrogen) atoms. The fourth-order valence-corrected chi connectivity index (χ4v) is 3.71. The van der Waals surface area contributed by atoms with Gasteiger partial charge in [-0.25, -0.2) is 0 Å². The maximum absolute atomic E-state index is 12.1. The Kier molecular flexibility index (Phi) is 5.17. The maximum Gasteiger partial charge on any atom is 0.227 e. The van der Waals surface area contributed by atoms with Crippen molar-refractivity contribution < 1.29 is 4.79 Å². The number of hydrogen-bond donors (Lipinski definition) is 2. The van der Waals surface area contributed by atoms with Crippen molar-refractivity contribution in [3.05, 3.63) is 0 Å². The molecule has 0 spiro atoms. The Morgan fingerprint density at radius 1 is 1.41 bits per heavy atom. The van der Waals surface area contributed by atoms with E-state index in [4.69, 9.17) is 0 Å². The van der Waals surface area contributed by atoms with Gasteiger partial charge in [-0.3, -0.25) is 4.79 Å². The molecule has 2 saturated heterocycles. The van der Waals surface area contributed by atoms with Crippen LogP contribution in [0.3, 0.4) is 0 Å². The molecule has 2 rings (SSSR count). The fourth-order valence-electron chi connectivity index (χ4n) is 2.47. The number of nitrogens with one attached hydrogen (secondary N) is 2. The quantitative estimate of drug-likeness (QED) is 0.827. The standard InChI is InChI=1S/C12H22N2OS.ClH/c1-11(5-6-13-8-11)10(15)14-9-12(2)4-3-7-16-12;/h13H,3-9H2,1-2H3,(H,14,15);1H. The van der Waals surface area contributed by atoms with Crippen molar-refractivity contribution in [2.75, 3.05) is 25.4 Å². The first-order valence-electron chi connectivity index (χ1n) is 6.17. The van der Waals surface area contributed by atoms with Crippen LogP contribution in [0.5, 0.6) is 0 Å². The second-order valence-electron chi connectivity index (χ2n) is 5.57. The van der Waals surface area contributed by atoms with Gasteiger partial charge in [0.25, 0.3) is 0 Å². The summed E-state index contributed by atoms with van der Waals surface area (Å²) in [5, 5.41) is 6.41. The van der Waals surface area contributed by atoms with Gasteiger partial charge in [0.05, 0.1) is 5.41 Å². The zero-order valence-electron chi connectivity index (χ0n) is 10.7. The van der Waals surface area contributed by atoms with E-state index in [2.05, 4.69) is 24.5 Å². The van der Waals surface area contributed by atoms with Crippen molar-refractivity contribution in [1.82, 2.24) is 10.6 Å². The van der Waals surface area contributed by atoms with Crippen molar-refractivity contribution in [1.29, 1.82) is 0 Å². The molecule has 2 aliphatic rings. The van der Waals surface area contributed by atoms with Crippen LogP contribution in [0.2, 0.25) is 0 Å². The van der Waals surface area contributed by atoms with Gasteiger partial charge in [-0.1, -0.05) is 0 Å². The summed E-state index contributed by atoms with van der Waals surface area (Å²) in [5.74, 6) is 1.47. The van der Waals surface area contributed by atoms with Gasteiger partial charge < -0.3 is 10.6 Å². The van der Waals surface area contributed by atoms with Crippen LogP contribution < -0.4 is 10.6 Å². The van der Waals surface area contributed by atoms with E-state index in [0.29, 0.717) is 0 Å². The molecule has 0 aromatic heterocycles. The van der Waals surface area contributed by atoms with E-state index in [0.717, 1.165) is 26.1 Å². The highest BCUT2D eigenvalue weighted by Gasteiger charge is 2.38. The van der Waals surface area contributed by atoms with Crippen molar-refractivity contribution >= 4 is 30.1 Å². The van der Waals surface area contributed by atoms with E-state index in [-0.39, 0.29) is 28.5 Å². The molecule has 2 fully saturated rings. The Bertz CT molecular complexity index is 274. The molecule has 0 aromatic carbocycles. The largest absolute Gasteiger partial charge is 0.354 e. The zero-order chi connectivity index (χ0) is 11.6. The molecule has 0 radical (unpaired) electrons. The summed E-state index contributed by atoms with van der Waals surface area (Å²) in [7, 11) is 0. The maximum atomic E-state index is 12.1. The minimum atomic E-state index is -0.181. The third-order valence-electron chi connectivity index (χ3n) is 3.84. The van der Waals surface area contributed by atoms with E-state index in [1.54, 1.807) is 0 Å². The number of halogens is 1. The summed E-state index contributed by atoms with van der Waals surface area (Å²) < 4.78 is 0.276. The SMILES string of the molecule is CC1(CNC(=O)C2(C)CCNC2)CCCS1.Cl. The fraction of sp³-hybridized carbons (Fsp3) is 0.917. The summed E-state index contributed by atoms with van der Waals surface area (Å²) >= 11 is 2.00. The van der Waals surface area contributed by atoms with Crippen LogP contribution in [-0.4, -0.2) is 36.0 Å². The highest BCUT2D eigenvalue weighted by Crippen LogP contribution is 2.37. The minimum Gasteiger partial charge on any atom is -0.354 e. The molecule has 0 aromatic rings. The van der Waals surface area contributed by atoms with Crippen LogP contribution in [0, 0.1) is 5.41 Å². The molecule has 0 saturated carbocycles. The van der Waals surface area contributed by atoms with Crippen LogP contribution in [0.4, 0.5) is 0 Å². The molecule has 2 unspecified atom stereocenters. The predicted molar refractivity (Wildman–Crippen MR) is 75.9 cm³/mol. The highest BCUT2D eigenvalue weighted by atomic mass is 35.5. The van der Waals surface area contributed by atoms with Crippen LogP contribution in [0.25, 0.3) is 0 Å². The third kappa shape index (κ3) is 3.52. The summed E-state index contributed by atoms with van der Waals surface area (Å²) in [4.78, 5) is 12.1. The smallest absolute Gasteiger partial charge is 0.227 e. The summed E-state index contributed by atoms with van der Waals surface area (Å²) in [6.45, 7) is 6.94. The second-order valence-corrected chi connectivity index (χ2v) is 7.25. The molecule has 0 bridgehead atoms. The molecule has 2 aliphatic heterocycles. The van der Waals surface area contributed by atoms with Gasteiger partial charge in [-0.05, 0) is 45.4 Å². The Labute approximate surface area is 114 Å². The van der Waals surface area contributed by atoms with Gasteiger partial charge >= 0.3 is 0 Å². The zero-order valence-corrected chi connectivity index (χ0v) is 12.3. The monoisotopic (exact) mass is 278 g/mol.